The summed E-state index contributed by atoms with van der Waals surface area (Å²) < 4.78 is 0.934. The summed E-state index contributed by atoms with van der Waals surface area (Å²) in [6.07, 6.45) is 5.76. The summed E-state index contributed by atoms with van der Waals surface area (Å²) in [5.74, 6) is 1.14. The van der Waals surface area contributed by atoms with Gasteiger partial charge in [-0.2, -0.15) is 0 Å². The molecule has 3 aromatic carbocycles. The molecule has 0 aliphatic carbocycles. The van der Waals surface area contributed by atoms with Crippen LogP contribution in [0.3, 0.4) is 0 Å². The summed E-state index contributed by atoms with van der Waals surface area (Å²) >= 11 is 0. The first-order valence-electron chi connectivity index (χ1n) is 12.1. The van der Waals surface area contributed by atoms with E-state index in [-0.39, 0.29) is 6.04 Å². The predicted molar refractivity (Wildman–Crippen MR) is 135 cm³/mol. The highest BCUT2D eigenvalue weighted by molar-refractivity contribution is 5.83. The first-order valence-corrected chi connectivity index (χ1v) is 12.1. The Morgan fingerprint density at radius 2 is 1.85 bits per heavy atom. The van der Waals surface area contributed by atoms with E-state index in [4.69, 9.17) is 0 Å². The van der Waals surface area contributed by atoms with Gasteiger partial charge in [0.05, 0.1) is 18.6 Å². The summed E-state index contributed by atoms with van der Waals surface area (Å²) in [6, 6.07) is 25.8. The summed E-state index contributed by atoms with van der Waals surface area (Å²) in [4.78, 5) is 4.53. The van der Waals surface area contributed by atoms with Crippen LogP contribution < -0.4 is 0 Å². The molecule has 3 nitrogen and oxygen atoms in total. The Hall–Kier alpha value is -3.01. The maximum Gasteiger partial charge on any atom is 0.131 e. The smallest absolute Gasteiger partial charge is 0.131 e. The quantitative estimate of drug-likeness (QED) is 0.307. The van der Waals surface area contributed by atoms with Gasteiger partial charge in [0.15, 0.2) is 0 Å². The van der Waals surface area contributed by atoms with Gasteiger partial charge < -0.3 is 9.59 Å². The second kappa shape index (κ2) is 8.09. The molecule has 4 aromatic rings. The molecule has 2 bridgehead atoms. The van der Waals surface area contributed by atoms with Crippen molar-refractivity contribution in [3.63, 3.8) is 0 Å². The van der Waals surface area contributed by atoms with Crippen molar-refractivity contribution in [2.45, 2.75) is 31.5 Å². The molecule has 3 aliphatic heterocycles. The van der Waals surface area contributed by atoms with E-state index in [1.807, 2.05) is 30.5 Å². The molecule has 3 heteroatoms. The van der Waals surface area contributed by atoms with Crippen LogP contribution in [0.4, 0.5) is 0 Å². The van der Waals surface area contributed by atoms with Crippen molar-refractivity contribution in [3.8, 4) is 0 Å². The fraction of sp³-hybridized carbons (Fsp3) is 0.300. The standard InChI is InChI=1S/C30H31N2O/c1-2-22-20-32(19-21-11-12-23-7-3-4-8-24(23)17-21)16-14-25(22)18-29(32)30(33)27-13-15-31-28-10-6-5-9-26(27)28/h2-13,15,17,22,25,29-30,33H,1,14,16,18-20H2/q+1/t22-,25-,29-,30+,32?/m0/s1. The Balaban J connectivity index is 1.41. The Morgan fingerprint density at radius 3 is 2.73 bits per heavy atom. The molecule has 3 fully saturated rings. The van der Waals surface area contributed by atoms with Gasteiger partial charge in [0.2, 0.25) is 0 Å². The summed E-state index contributed by atoms with van der Waals surface area (Å²) in [5.41, 5.74) is 3.33. The minimum absolute atomic E-state index is 0.178. The van der Waals surface area contributed by atoms with Gasteiger partial charge in [-0.25, -0.2) is 0 Å². The van der Waals surface area contributed by atoms with Gasteiger partial charge in [-0.3, -0.25) is 4.98 Å². The van der Waals surface area contributed by atoms with Crippen LogP contribution in [-0.4, -0.2) is 33.7 Å². The largest absolute Gasteiger partial charge is 0.382 e. The molecule has 4 heterocycles. The normalized spacial score (nSPS) is 27.6. The van der Waals surface area contributed by atoms with Crippen LogP contribution in [0.2, 0.25) is 0 Å². The molecule has 3 aliphatic rings. The maximum atomic E-state index is 11.9. The van der Waals surface area contributed by atoms with E-state index >= 15 is 0 Å². The molecule has 1 N–H and O–H groups in total. The second-order valence-electron chi connectivity index (χ2n) is 10.1. The molecule has 33 heavy (non-hydrogen) atoms. The predicted octanol–water partition coefficient (Wildman–Crippen LogP) is 6.03. The van der Waals surface area contributed by atoms with Crippen molar-refractivity contribution in [2.24, 2.45) is 11.8 Å². The molecule has 7 rings (SSSR count). The molecule has 1 aromatic heterocycles. The molecule has 0 amide bonds. The summed E-state index contributed by atoms with van der Waals surface area (Å²) in [7, 11) is 0. The Morgan fingerprint density at radius 1 is 1.03 bits per heavy atom. The SMILES string of the molecule is C=C[C@H]1C[N+]2(Cc3ccc4ccccc4c3)CC[C@H]1C[C@H]2[C@H](O)c1ccnc2ccccc12. The van der Waals surface area contributed by atoms with Gasteiger partial charge in [0.1, 0.15) is 18.7 Å². The first-order chi connectivity index (χ1) is 16.2. The number of hydrogen-bond acceptors (Lipinski definition) is 2. The zero-order valence-corrected chi connectivity index (χ0v) is 19.0. The second-order valence-corrected chi connectivity index (χ2v) is 10.1. The van der Waals surface area contributed by atoms with Crippen LogP contribution in [0.5, 0.6) is 0 Å². The lowest BCUT2D eigenvalue weighted by Crippen LogP contribution is -2.67. The van der Waals surface area contributed by atoms with Gasteiger partial charge in [0, 0.05) is 35.9 Å². The fourth-order valence-electron chi connectivity index (χ4n) is 6.67. The first kappa shape index (κ1) is 20.6. The van der Waals surface area contributed by atoms with E-state index in [0.29, 0.717) is 11.8 Å². The number of hydrogen-bond donors (Lipinski definition) is 1. The number of aliphatic hydroxyl groups excluding tert-OH is 1. The third kappa shape index (κ3) is 3.47. The van der Waals surface area contributed by atoms with Gasteiger partial charge in [-0.1, -0.05) is 60.7 Å². The highest BCUT2D eigenvalue weighted by atomic mass is 16.3. The number of fused-ring (bicyclic) bond motifs is 5. The topological polar surface area (TPSA) is 33.1 Å². The highest BCUT2D eigenvalue weighted by Crippen LogP contribution is 2.48. The van der Waals surface area contributed by atoms with Crippen LogP contribution in [-0.2, 0) is 6.54 Å². The number of quaternary nitrogens is 1. The molecular weight excluding hydrogens is 404 g/mol. The number of aliphatic hydroxyl groups is 1. The number of para-hydroxylation sites is 1. The molecule has 1 unspecified atom stereocenters. The van der Waals surface area contributed by atoms with E-state index in [0.717, 1.165) is 47.0 Å². The lowest BCUT2D eigenvalue weighted by Gasteiger charge is -2.58. The van der Waals surface area contributed by atoms with Gasteiger partial charge in [-0.15, -0.1) is 6.58 Å². The van der Waals surface area contributed by atoms with E-state index in [2.05, 4.69) is 66.2 Å². The third-order valence-electron chi connectivity index (χ3n) is 8.35. The molecular formula is C30H31N2O+. The van der Waals surface area contributed by atoms with Crippen molar-refractivity contribution in [3.05, 3.63) is 103 Å². The number of piperidine rings is 3. The third-order valence-corrected chi connectivity index (χ3v) is 8.35. The number of benzene rings is 3. The Labute approximate surface area is 195 Å². The summed E-state index contributed by atoms with van der Waals surface area (Å²) in [5, 5.41) is 15.5. The van der Waals surface area contributed by atoms with Crippen molar-refractivity contribution >= 4 is 21.7 Å². The molecule has 166 valence electrons. The van der Waals surface area contributed by atoms with E-state index in [1.165, 1.54) is 22.8 Å². The summed E-state index contributed by atoms with van der Waals surface area (Å²) in [6.45, 7) is 7.30. The van der Waals surface area contributed by atoms with Gasteiger partial charge >= 0.3 is 0 Å². The van der Waals surface area contributed by atoms with Crippen molar-refractivity contribution in [2.75, 3.05) is 13.1 Å². The molecule has 0 saturated carbocycles. The number of nitrogens with zero attached hydrogens (tertiary/aromatic N) is 2. The number of pyridine rings is 1. The fourth-order valence-corrected chi connectivity index (χ4v) is 6.67. The van der Waals surface area contributed by atoms with Gasteiger partial charge in [-0.05, 0) is 40.5 Å². The molecule has 0 radical (unpaired) electrons. The monoisotopic (exact) mass is 435 g/mol. The molecule has 0 spiro atoms. The Bertz CT molecular complexity index is 1330. The van der Waals surface area contributed by atoms with Crippen molar-refractivity contribution in [1.82, 2.24) is 4.98 Å². The van der Waals surface area contributed by atoms with Crippen LogP contribution in [0.1, 0.15) is 30.1 Å². The number of aromatic nitrogens is 1. The van der Waals surface area contributed by atoms with Crippen LogP contribution in [0.25, 0.3) is 21.7 Å². The maximum absolute atomic E-state index is 11.9. The average Bonchev–Trinajstić information content (AvgIpc) is 2.87. The number of rotatable bonds is 5. The average molecular weight is 436 g/mol. The van der Waals surface area contributed by atoms with E-state index in [1.54, 1.807) is 0 Å². The Kier molecular flexibility index (Phi) is 5.05. The van der Waals surface area contributed by atoms with Crippen molar-refractivity contribution in [1.29, 1.82) is 0 Å². The lowest BCUT2D eigenvalue weighted by atomic mass is 9.71. The van der Waals surface area contributed by atoms with Crippen LogP contribution in [0, 0.1) is 11.8 Å². The van der Waals surface area contributed by atoms with Crippen molar-refractivity contribution < 1.29 is 9.59 Å². The van der Waals surface area contributed by atoms with Crippen LogP contribution in [0.15, 0.2) is 91.6 Å². The zero-order chi connectivity index (χ0) is 22.4. The molecule has 5 atom stereocenters. The minimum atomic E-state index is -0.507. The lowest BCUT2D eigenvalue weighted by molar-refractivity contribution is -0.984. The minimum Gasteiger partial charge on any atom is -0.382 e. The zero-order valence-electron chi connectivity index (χ0n) is 19.0. The van der Waals surface area contributed by atoms with Gasteiger partial charge in [0.25, 0.3) is 0 Å². The van der Waals surface area contributed by atoms with E-state index < -0.39 is 6.10 Å². The van der Waals surface area contributed by atoms with Crippen LogP contribution >= 0.6 is 0 Å². The molecule has 3 saturated heterocycles. The highest BCUT2D eigenvalue weighted by Gasteiger charge is 2.53. The van der Waals surface area contributed by atoms with E-state index in [9.17, 15) is 5.11 Å².